The van der Waals surface area contributed by atoms with E-state index in [1.165, 1.54) is 47.9 Å². The van der Waals surface area contributed by atoms with Crippen LogP contribution in [0.2, 0.25) is 0 Å². The van der Waals surface area contributed by atoms with Crippen molar-refractivity contribution in [3.05, 3.63) is 144 Å². The molecule has 0 saturated heterocycles. The summed E-state index contributed by atoms with van der Waals surface area (Å²) in [6.07, 6.45) is 5.04. The van der Waals surface area contributed by atoms with Crippen molar-refractivity contribution in [2.75, 3.05) is 0 Å². The van der Waals surface area contributed by atoms with Crippen LogP contribution in [0.25, 0.3) is 0 Å². The largest absolute Gasteiger partial charge is 0.0622 e. The third kappa shape index (κ3) is 1.70. The zero-order valence-electron chi connectivity index (χ0n) is 18.4. The van der Waals surface area contributed by atoms with E-state index in [0.29, 0.717) is 0 Å². The summed E-state index contributed by atoms with van der Waals surface area (Å²) in [4.78, 5) is 0. The minimum Gasteiger partial charge on any atom is -0.0622 e. The Morgan fingerprint density at radius 1 is 0.281 bits per heavy atom. The van der Waals surface area contributed by atoms with E-state index in [0.717, 1.165) is 0 Å². The normalized spacial score (nSPS) is 34.2. The SMILES string of the molecule is c1ccc(C23CCC2(c2ccccc2)C2(c4ccccc4)CCC32c2ccccc2)cc1. The minimum atomic E-state index is 0.137. The molecule has 3 aliphatic rings. The molecule has 0 radical (unpaired) electrons. The molecule has 3 saturated carbocycles. The fourth-order valence-electron chi connectivity index (χ4n) is 8.94. The van der Waals surface area contributed by atoms with E-state index in [2.05, 4.69) is 121 Å². The van der Waals surface area contributed by atoms with Crippen LogP contribution in [0.4, 0.5) is 0 Å². The van der Waals surface area contributed by atoms with E-state index in [9.17, 15) is 0 Å². The fraction of sp³-hybridized carbons (Fsp3) is 0.250. The highest BCUT2D eigenvalue weighted by atomic mass is 15.0. The van der Waals surface area contributed by atoms with Crippen LogP contribution in [-0.4, -0.2) is 0 Å². The van der Waals surface area contributed by atoms with Crippen LogP contribution in [0.15, 0.2) is 121 Å². The van der Waals surface area contributed by atoms with Crippen LogP contribution in [-0.2, 0) is 21.7 Å². The van der Waals surface area contributed by atoms with Gasteiger partial charge in [-0.2, -0.15) is 0 Å². The van der Waals surface area contributed by atoms with E-state index >= 15 is 0 Å². The molecule has 0 aliphatic heterocycles. The Bertz CT molecular complexity index is 1040. The maximum Gasteiger partial charge on any atom is 0.0165 e. The van der Waals surface area contributed by atoms with Gasteiger partial charge in [0.05, 0.1) is 0 Å². The fourth-order valence-corrected chi connectivity index (χ4v) is 8.94. The molecule has 0 amide bonds. The monoisotopic (exact) mass is 412 g/mol. The Labute approximate surface area is 191 Å². The molecule has 0 nitrogen and oxygen atoms in total. The first-order valence-electron chi connectivity index (χ1n) is 12.1. The van der Waals surface area contributed by atoms with Crippen LogP contribution in [0.5, 0.6) is 0 Å². The Balaban J connectivity index is 1.60. The van der Waals surface area contributed by atoms with Gasteiger partial charge < -0.3 is 0 Å². The van der Waals surface area contributed by atoms with Gasteiger partial charge in [-0.05, 0) is 47.9 Å². The molecule has 0 bridgehead atoms. The summed E-state index contributed by atoms with van der Waals surface area (Å²) < 4.78 is 0. The number of hydrogen-bond donors (Lipinski definition) is 0. The molecule has 7 rings (SSSR count). The molecule has 0 aromatic heterocycles. The molecule has 156 valence electrons. The van der Waals surface area contributed by atoms with Crippen molar-refractivity contribution in [3.8, 4) is 0 Å². The molecule has 0 atom stereocenters. The molecule has 0 N–H and O–H groups in total. The van der Waals surface area contributed by atoms with Gasteiger partial charge in [0, 0.05) is 21.7 Å². The lowest BCUT2D eigenvalue weighted by molar-refractivity contribution is -0.277. The van der Waals surface area contributed by atoms with Crippen molar-refractivity contribution in [1.82, 2.24) is 0 Å². The smallest absolute Gasteiger partial charge is 0.0165 e. The molecule has 4 aromatic carbocycles. The standard InChI is InChI=1S/C32H28/c1-5-13-25(14-6-1)29-21-22-30(29,26-15-7-2-8-16-26)32(28-19-11-4-12-20-28)24-23-31(29,32)27-17-9-3-10-18-27/h1-20H,21-24H2. The lowest BCUT2D eigenvalue weighted by Crippen LogP contribution is -2.95. The lowest BCUT2D eigenvalue weighted by Gasteiger charge is -2.93. The van der Waals surface area contributed by atoms with Crippen molar-refractivity contribution in [2.24, 2.45) is 0 Å². The second kappa shape index (κ2) is 6.23. The molecule has 4 aromatic rings. The van der Waals surface area contributed by atoms with Gasteiger partial charge in [0.25, 0.3) is 0 Å². The number of fused-ring (bicyclic) bond motifs is 4. The summed E-state index contributed by atoms with van der Waals surface area (Å²) in [5.41, 5.74) is 6.68. The minimum absolute atomic E-state index is 0.137. The first-order chi connectivity index (χ1) is 15.8. The van der Waals surface area contributed by atoms with E-state index in [-0.39, 0.29) is 21.7 Å². The van der Waals surface area contributed by atoms with Crippen molar-refractivity contribution >= 4 is 0 Å². The van der Waals surface area contributed by atoms with Gasteiger partial charge in [0.15, 0.2) is 0 Å². The van der Waals surface area contributed by atoms with Gasteiger partial charge in [-0.25, -0.2) is 0 Å². The summed E-state index contributed by atoms with van der Waals surface area (Å²) in [6.45, 7) is 0. The van der Waals surface area contributed by atoms with Crippen LogP contribution in [0.3, 0.4) is 0 Å². The average molecular weight is 413 g/mol. The topological polar surface area (TPSA) is 0 Å². The van der Waals surface area contributed by atoms with E-state index in [1.54, 1.807) is 0 Å². The predicted molar refractivity (Wildman–Crippen MR) is 131 cm³/mol. The second-order valence-corrected chi connectivity index (χ2v) is 10.1. The van der Waals surface area contributed by atoms with Gasteiger partial charge in [0.1, 0.15) is 0 Å². The predicted octanol–water partition coefficient (Wildman–Crippen LogP) is 7.34. The van der Waals surface area contributed by atoms with Gasteiger partial charge in [-0.15, -0.1) is 0 Å². The van der Waals surface area contributed by atoms with Gasteiger partial charge in [0.2, 0.25) is 0 Å². The zero-order chi connectivity index (χ0) is 21.3. The van der Waals surface area contributed by atoms with Crippen molar-refractivity contribution in [2.45, 2.75) is 47.3 Å². The van der Waals surface area contributed by atoms with E-state index in [4.69, 9.17) is 0 Å². The molecule has 32 heavy (non-hydrogen) atoms. The molecule has 0 heteroatoms. The molecule has 0 spiro atoms. The Morgan fingerprint density at radius 3 is 0.625 bits per heavy atom. The third-order valence-corrected chi connectivity index (χ3v) is 9.73. The van der Waals surface area contributed by atoms with Gasteiger partial charge >= 0.3 is 0 Å². The maximum absolute atomic E-state index is 2.41. The summed E-state index contributed by atoms with van der Waals surface area (Å²) in [5, 5.41) is 0. The Kier molecular flexibility index (Phi) is 3.59. The van der Waals surface area contributed by atoms with E-state index in [1.807, 2.05) is 0 Å². The van der Waals surface area contributed by atoms with Crippen LogP contribution in [0.1, 0.15) is 47.9 Å². The highest BCUT2D eigenvalue weighted by molar-refractivity contribution is 5.71. The van der Waals surface area contributed by atoms with Crippen LogP contribution < -0.4 is 0 Å². The lowest BCUT2D eigenvalue weighted by atomic mass is 9.08. The highest BCUT2D eigenvalue weighted by Gasteiger charge is 2.94. The summed E-state index contributed by atoms with van der Waals surface area (Å²) in [5.74, 6) is 0. The van der Waals surface area contributed by atoms with Crippen molar-refractivity contribution < 1.29 is 0 Å². The number of rotatable bonds is 4. The molecule has 3 aliphatic carbocycles. The molecule has 0 heterocycles. The third-order valence-electron chi connectivity index (χ3n) is 9.73. The molecular formula is C32H28. The average Bonchev–Trinajstić information content (AvgIpc) is 2.85. The zero-order valence-corrected chi connectivity index (χ0v) is 18.4. The first kappa shape index (κ1) is 18.5. The van der Waals surface area contributed by atoms with Gasteiger partial charge in [-0.1, -0.05) is 121 Å². The Morgan fingerprint density at radius 2 is 0.469 bits per heavy atom. The Hall–Kier alpha value is -3.12. The molecule has 0 unspecified atom stereocenters. The van der Waals surface area contributed by atoms with Crippen molar-refractivity contribution in [3.63, 3.8) is 0 Å². The second-order valence-electron chi connectivity index (χ2n) is 10.1. The molecule has 3 fully saturated rings. The summed E-state index contributed by atoms with van der Waals surface area (Å²) in [6, 6.07) is 46.0. The highest BCUT2D eigenvalue weighted by Crippen LogP contribution is 2.93. The maximum atomic E-state index is 2.41. The number of hydrogen-bond acceptors (Lipinski definition) is 0. The van der Waals surface area contributed by atoms with Crippen LogP contribution >= 0.6 is 0 Å². The van der Waals surface area contributed by atoms with Crippen molar-refractivity contribution in [1.29, 1.82) is 0 Å². The summed E-state index contributed by atoms with van der Waals surface area (Å²) >= 11 is 0. The first-order valence-corrected chi connectivity index (χ1v) is 12.1. The van der Waals surface area contributed by atoms with Gasteiger partial charge in [-0.3, -0.25) is 0 Å². The summed E-state index contributed by atoms with van der Waals surface area (Å²) in [7, 11) is 0. The quantitative estimate of drug-likeness (QED) is 0.329. The van der Waals surface area contributed by atoms with E-state index < -0.39 is 0 Å². The van der Waals surface area contributed by atoms with Crippen LogP contribution in [0, 0.1) is 0 Å². The number of benzene rings is 4. The molecular weight excluding hydrogens is 384 g/mol.